The second-order valence-electron chi connectivity index (χ2n) is 6.64. The van der Waals surface area contributed by atoms with Crippen LogP contribution in [0, 0.1) is 6.92 Å². The molecule has 1 unspecified atom stereocenters. The van der Waals surface area contributed by atoms with Crippen LogP contribution in [0.15, 0.2) is 36.0 Å². The second kappa shape index (κ2) is 8.16. The Balaban J connectivity index is 1.39. The van der Waals surface area contributed by atoms with Crippen LogP contribution in [0.2, 0.25) is 0 Å². The molecule has 1 fully saturated rings. The van der Waals surface area contributed by atoms with Gasteiger partial charge in [0.1, 0.15) is 29.5 Å². The molecule has 27 heavy (non-hydrogen) atoms. The highest BCUT2D eigenvalue weighted by molar-refractivity contribution is 7.09. The van der Waals surface area contributed by atoms with Crippen molar-refractivity contribution in [3.05, 3.63) is 58.1 Å². The van der Waals surface area contributed by atoms with E-state index in [0.29, 0.717) is 13.2 Å². The number of hydrogen-bond acceptors (Lipinski definition) is 7. The van der Waals surface area contributed by atoms with Crippen LogP contribution in [0.1, 0.15) is 28.1 Å². The van der Waals surface area contributed by atoms with Crippen LogP contribution in [0.3, 0.4) is 0 Å². The third kappa shape index (κ3) is 4.35. The van der Waals surface area contributed by atoms with E-state index in [1.54, 1.807) is 17.7 Å². The van der Waals surface area contributed by atoms with E-state index < -0.39 is 0 Å². The molecule has 1 aliphatic heterocycles. The van der Waals surface area contributed by atoms with Gasteiger partial charge in [0, 0.05) is 25.5 Å². The van der Waals surface area contributed by atoms with E-state index in [1.807, 2.05) is 36.0 Å². The van der Waals surface area contributed by atoms with E-state index in [2.05, 4.69) is 27.3 Å². The topological polar surface area (TPSA) is 65.3 Å². The molecule has 3 aromatic rings. The van der Waals surface area contributed by atoms with E-state index in [-0.39, 0.29) is 6.04 Å². The average Bonchev–Trinajstić information content (AvgIpc) is 3.31. The smallest absolute Gasteiger partial charge is 0.146 e. The first-order valence-corrected chi connectivity index (χ1v) is 9.85. The number of nitrogens with zero attached hydrogens (tertiary/aromatic N) is 5. The molecule has 4 rings (SSSR count). The maximum absolute atomic E-state index is 5.84. The molecule has 0 N–H and O–H groups in total. The molecule has 8 heteroatoms. The number of hydrogen-bond donors (Lipinski definition) is 0. The molecule has 142 valence electrons. The zero-order valence-electron chi connectivity index (χ0n) is 15.5. The van der Waals surface area contributed by atoms with Gasteiger partial charge in [-0.2, -0.15) is 5.10 Å². The Morgan fingerprint density at radius 1 is 1.30 bits per heavy atom. The summed E-state index contributed by atoms with van der Waals surface area (Å²) < 4.78 is 13.3. The summed E-state index contributed by atoms with van der Waals surface area (Å²) in [5.41, 5.74) is 2.28. The van der Waals surface area contributed by atoms with Crippen molar-refractivity contribution >= 4 is 11.3 Å². The molecule has 7 nitrogen and oxygen atoms in total. The molecule has 1 aliphatic rings. The molecular weight excluding hydrogens is 362 g/mol. The minimum atomic E-state index is 0.0974. The summed E-state index contributed by atoms with van der Waals surface area (Å²) >= 11 is 1.64. The first-order chi connectivity index (χ1) is 13.2. The molecule has 0 radical (unpaired) electrons. The highest BCUT2D eigenvalue weighted by Crippen LogP contribution is 2.25. The van der Waals surface area contributed by atoms with Gasteiger partial charge in [0.2, 0.25) is 0 Å². The normalized spacial score (nSPS) is 17.9. The Morgan fingerprint density at radius 3 is 2.93 bits per heavy atom. The van der Waals surface area contributed by atoms with E-state index in [0.717, 1.165) is 42.0 Å². The fourth-order valence-electron chi connectivity index (χ4n) is 3.15. The Kier molecular flexibility index (Phi) is 5.47. The van der Waals surface area contributed by atoms with Crippen molar-refractivity contribution < 1.29 is 9.47 Å². The molecule has 0 saturated carbocycles. The number of benzene rings is 1. The zero-order chi connectivity index (χ0) is 18.6. The SMILES string of the molecule is Cc1ccc(OCc2nc(CN3CCOCC3c3ncnn3C)cs2)cc1. The number of aromatic nitrogens is 4. The highest BCUT2D eigenvalue weighted by atomic mass is 32.1. The molecule has 0 bridgehead atoms. The maximum Gasteiger partial charge on any atom is 0.146 e. The van der Waals surface area contributed by atoms with Gasteiger partial charge in [0.25, 0.3) is 0 Å². The maximum atomic E-state index is 5.84. The largest absolute Gasteiger partial charge is 0.486 e. The standard InChI is InChI=1S/C19H23N5O2S/c1-14-3-5-16(6-4-14)26-11-18-22-15(12-27-18)9-24-7-8-25-10-17(24)19-20-13-21-23(19)2/h3-6,12-13,17H,7-11H2,1-2H3. The number of ether oxygens (including phenoxy) is 2. The highest BCUT2D eigenvalue weighted by Gasteiger charge is 2.28. The molecule has 3 heterocycles. The molecule has 1 aromatic carbocycles. The van der Waals surface area contributed by atoms with Gasteiger partial charge < -0.3 is 9.47 Å². The van der Waals surface area contributed by atoms with Crippen LogP contribution in [-0.4, -0.2) is 44.4 Å². The quantitative estimate of drug-likeness (QED) is 0.650. The van der Waals surface area contributed by atoms with Gasteiger partial charge in [-0.05, 0) is 19.1 Å². The van der Waals surface area contributed by atoms with Gasteiger partial charge >= 0.3 is 0 Å². The van der Waals surface area contributed by atoms with Crippen molar-refractivity contribution in [1.29, 1.82) is 0 Å². The van der Waals surface area contributed by atoms with Crippen LogP contribution < -0.4 is 4.74 Å². The van der Waals surface area contributed by atoms with Crippen molar-refractivity contribution in [2.75, 3.05) is 19.8 Å². The summed E-state index contributed by atoms with van der Waals surface area (Å²) in [6.07, 6.45) is 1.59. The predicted octanol–water partition coefficient (Wildman–Crippen LogP) is 2.73. The fraction of sp³-hybridized carbons (Fsp3) is 0.421. The number of thiazole rings is 1. The molecular formula is C19H23N5O2S. The third-order valence-corrected chi connectivity index (χ3v) is 5.50. The Bertz CT molecular complexity index is 876. The molecule has 0 aliphatic carbocycles. The average molecular weight is 385 g/mol. The third-order valence-electron chi connectivity index (χ3n) is 4.63. The first-order valence-electron chi connectivity index (χ1n) is 8.97. The van der Waals surface area contributed by atoms with Gasteiger partial charge in [-0.25, -0.2) is 9.97 Å². The van der Waals surface area contributed by atoms with Crippen molar-refractivity contribution in [2.45, 2.75) is 26.1 Å². The van der Waals surface area contributed by atoms with Crippen LogP contribution in [0.4, 0.5) is 0 Å². The summed E-state index contributed by atoms with van der Waals surface area (Å²) in [4.78, 5) is 11.5. The monoisotopic (exact) mass is 385 g/mol. The lowest BCUT2D eigenvalue weighted by atomic mass is 10.2. The van der Waals surface area contributed by atoms with Crippen molar-refractivity contribution in [3.63, 3.8) is 0 Å². The molecule has 1 saturated heterocycles. The van der Waals surface area contributed by atoms with Crippen molar-refractivity contribution in [1.82, 2.24) is 24.6 Å². The Hall–Kier alpha value is -2.29. The molecule has 0 amide bonds. The van der Waals surface area contributed by atoms with E-state index in [4.69, 9.17) is 14.5 Å². The summed E-state index contributed by atoms with van der Waals surface area (Å²) in [6.45, 7) is 5.52. The fourth-order valence-corrected chi connectivity index (χ4v) is 3.84. The second-order valence-corrected chi connectivity index (χ2v) is 7.58. The van der Waals surface area contributed by atoms with Gasteiger partial charge in [0.15, 0.2) is 0 Å². The van der Waals surface area contributed by atoms with Crippen LogP contribution in [-0.2, 0) is 24.9 Å². The predicted molar refractivity (Wildman–Crippen MR) is 103 cm³/mol. The van der Waals surface area contributed by atoms with Gasteiger partial charge in [-0.1, -0.05) is 17.7 Å². The Morgan fingerprint density at radius 2 is 2.15 bits per heavy atom. The minimum Gasteiger partial charge on any atom is -0.486 e. The summed E-state index contributed by atoms with van der Waals surface area (Å²) in [7, 11) is 1.92. The molecule has 0 spiro atoms. The Labute approximate surface area is 162 Å². The minimum absolute atomic E-state index is 0.0974. The lowest BCUT2D eigenvalue weighted by Crippen LogP contribution is -2.40. The zero-order valence-corrected chi connectivity index (χ0v) is 16.4. The lowest BCUT2D eigenvalue weighted by molar-refractivity contribution is -0.0176. The summed E-state index contributed by atoms with van der Waals surface area (Å²) in [5.74, 6) is 1.79. The van der Waals surface area contributed by atoms with Crippen LogP contribution in [0.25, 0.3) is 0 Å². The van der Waals surface area contributed by atoms with Crippen molar-refractivity contribution in [2.24, 2.45) is 7.05 Å². The number of morpholine rings is 1. The van der Waals surface area contributed by atoms with E-state index in [1.165, 1.54) is 5.56 Å². The van der Waals surface area contributed by atoms with Crippen LogP contribution >= 0.6 is 11.3 Å². The molecule has 1 atom stereocenters. The lowest BCUT2D eigenvalue weighted by Gasteiger charge is -2.34. The summed E-state index contributed by atoms with van der Waals surface area (Å²) in [6, 6.07) is 8.17. The summed E-state index contributed by atoms with van der Waals surface area (Å²) in [5, 5.41) is 7.28. The van der Waals surface area contributed by atoms with Gasteiger partial charge in [-0.15, -0.1) is 11.3 Å². The van der Waals surface area contributed by atoms with Crippen molar-refractivity contribution in [3.8, 4) is 5.75 Å². The molecule has 2 aromatic heterocycles. The first kappa shape index (κ1) is 18.1. The number of rotatable bonds is 6. The van der Waals surface area contributed by atoms with Crippen LogP contribution in [0.5, 0.6) is 5.75 Å². The van der Waals surface area contributed by atoms with E-state index >= 15 is 0 Å². The van der Waals surface area contributed by atoms with Gasteiger partial charge in [0.05, 0.1) is 24.9 Å². The number of aryl methyl sites for hydroxylation is 2. The van der Waals surface area contributed by atoms with Gasteiger partial charge in [-0.3, -0.25) is 9.58 Å². The van der Waals surface area contributed by atoms with E-state index in [9.17, 15) is 0 Å².